The molecule has 0 atom stereocenters. The third-order valence-electron chi connectivity index (χ3n) is 4.45. The minimum Gasteiger partial charge on any atom is -0.492 e. The van der Waals surface area contributed by atoms with E-state index in [1.807, 2.05) is 18.2 Å². The van der Waals surface area contributed by atoms with Crippen LogP contribution < -0.4 is 10.1 Å². The third-order valence-corrected chi connectivity index (χ3v) is 5.57. The second kappa shape index (κ2) is 13.3. The minimum atomic E-state index is -0.0487. The monoisotopic (exact) mass is 403 g/mol. The molecule has 0 unspecified atom stereocenters. The van der Waals surface area contributed by atoms with Crippen LogP contribution in [0, 0.1) is 0 Å². The van der Waals surface area contributed by atoms with Crippen molar-refractivity contribution in [3.63, 3.8) is 0 Å². The number of hydrogen-bond donors (Lipinski definition) is 2. The van der Waals surface area contributed by atoms with E-state index in [1.165, 1.54) is 32.1 Å². The average molecular weight is 404 g/mol. The summed E-state index contributed by atoms with van der Waals surface area (Å²) in [6, 6.07) is 5.77. The number of imidazole rings is 1. The van der Waals surface area contributed by atoms with Gasteiger partial charge in [0.15, 0.2) is 0 Å². The predicted molar refractivity (Wildman–Crippen MR) is 116 cm³/mol. The van der Waals surface area contributed by atoms with E-state index in [4.69, 9.17) is 4.74 Å². The summed E-state index contributed by atoms with van der Waals surface area (Å²) in [7, 11) is 0. The Morgan fingerprint density at radius 1 is 1.18 bits per heavy atom. The van der Waals surface area contributed by atoms with E-state index >= 15 is 0 Å². The highest BCUT2D eigenvalue weighted by Gasteiger charge is 2.11. The summed E-state index contributed by atoms with van der Waals surface area (Å²) >= 11 is 1.79. The highest BCUT2D eigenvalue weighted by Crippen LogP contribution is 2.31. The van der Waals surface area contributed by atoms with E-state index in [0.29, 0.717) is 12.1 Å². The van der Waals surface area contributed by atoms with Crippen molar-refractivity contribution in [1.29, 1.82) is 0 Å². The lowest BCUT2D eigenvalue weighted by molar-refractivity contribution is 0.0954. The highest BCUT2D eigenvalue weighted by atomic mass is 32.2. The number of aromatic nitrogens is 2. The van der Waals surface area contributed by atoms with Gasteiger partial charge in [0.2, 0.25) is 0 Å². The Labute approximate surface area is 173 Å². The van der Waals surface area contributed by atoms with Gasteiger partial charge in [-0.05, 0) is 36.8 Å². The molecular formula is C22H33N3O2S. The molecule has 1 heterocycles. The SMILES string of the molecule is CCCCCOc1ccc(C(=O)NCCc2cnc[nH]2)cc1SCCCCC. The number of nitrogens with one attached hydrogen (secondary N) is 2. The molecule has 0 spiro atoms. The number of hydrogen-bond acceptors (Lipinski definition) is 4. The summed E-state index contributed by atoms with van der Waals surface area (Å²) in [5.74, 6) is 1.89. The summed E-state index contributed by atoms with van der Waals surface area (Å²) in [4.78, 5) is 20.6. The molecule has 1 amide bonds. The number of amides is 1. The van der Waals surface area contributed by atoms with Gasteiger partial charge in [-0.1, -0.05) is 39.5 Å². The van der Waals surface area contributed by atoms with E-state index in [2.05, 4.69) is 29.1 Å². The number of benzene rings is 1. The van der Waals surface area contributed by atoms with Crippen molar-refractivity contribution >= 4 is 17.7 Å². The Morgan fingerprint density at radius 2 is 2.00 bits per heavy atom. The van der Waals surface area contributed by atoms with E-state index < -0.39 is 0 Å². The fourth-order valence-corrected chi connectivity index (χ4v) is 3.83. The summed E-state index contributed by atoms with van der Waals surface area (Å²) in [5.41, 5.74) is 1.70. The van der Waals surface area contributed by atoms with E-state index in [0.717, 1.165) is 41.5 Å². The Morgan fingerprint density at radius 3 is 2.75 bits per heavy atom. The number of H-pyrrole nitrogens is 1. The van der Waals surface area contributed by atoms with E-state index in [-0.39, 0.29) is 5.91 Å². The lowest BCUT2D eigenvalue weighted by atomic mass is 10.2. The van der Waals surface area contributed by atoms with Crippen LogP contribution in [-0.4, -0.2) is 34.8 Å². The Hall–Kier alpha value is -1.95. The topological polar surface area (TPSA) is 67.0 Å². The largest absolute Gasteiger partial charge is 0.492 e. The molecule has 2 aromatic rings. The van der Waals surface area contributed by atoms with E-state index in [9.17, 15) is 4.79 Å². The maximum absolute atomic E-state index is 12.5. The van der Waals surface area contributed by atoms with Crippen LogP contribution in [0.25, 0.3) is 0 Å². The number of carbonyl (C=O) groups is 1. The lowest BCUT2D eigenvalue weighted by Crippen LogP contribution is -2.25. The van der Waals surface area contributed by atoms with Crippen molar-refractivity contribution < 1.29 is 9.53 Å². The van der Waals surface area contributed by atoms with Crippen molar-refractivity contribution in [3.05, 3.63) is 42.0 Å². The summed E-state index contributed by atoms with van der Waals surface area (Å²) in [6.07, 6.45) is 11.2. The number of unbranched alkanes of at least 4 members (excludes halogenated alkanes) is 4. The molecule has 0 radical (unpaired) electrons. The van der Waals surface area contributed by atoms with E-state index in [1.54, 1.807) is 24.3 Å². The second-order valence-corrected chi connectivity index (χ2v) is 7.99. The van der Waals surface area contributed by atoms with Crippen LogP contribution in [0.4, 0.5) is 0 Å². The minimum absolute atomic E-state index is 0.0487. The van der Waals surface area contributed by atoms with Gasteiger partial charge in [-0.15, -0.1) is 11.8 Å². The van der Waals surface area contributed by atoms with Gasteiger partial charge in [0.05, 0.1) is 17.8 Å². The molecule has 0 saturated heterocycles. The van der Waals surface area contributed by atoms with Gasteiger partial charge in [-0.25, -0.2) is 4.98 Å². The molecule has 0 saturated carbocycles. The summed E-state index contributed by atoms with van der Waals surface area (Å²) in [6.45, 7) is 5.71. The number of ether oxygens (including phenoxy) is 1. The summed E-state index contributed by atoms with van der Waals surface area (Å²) < 4.78 is 6.00. The van der Waals surface area contributed by atoms with Gasteiger partial charge in [-0.3, -0.25) is 4.79 Å². The molecule has 6 heteroatoms. The maximum atomic E-state index is 12.5. The van der Waals surface area contributed by atoms with Gasteiger partial charge in [0.1, 0.15) is 5.75 Å². The normalized spacial score (nSPS) is 10.8. The van der Waals surface area contributed by atoms with Gasteiger partial charge < -0.3 is 15.0 Å². The standard InChI is InChI=1S/C22H33N3O2S/c1-3-5-7-13-27-20-10-9-18(15-21(20)28-14-8-6-4-2)22(26)24-12-11-19-16-23-17-25-19/h9-10,15-17H,3-8,11-14H2,1-2H3,(H,23,25)(H,24,26). The zero-order valence-corrected chi connectivity index (χ0v) is 17.9. The molecule has 0 aliphatic rings. The smallest absolute Gasteiger partial charge is 0.251 e. The van der Waals surface area contributed by atoms with Gasteiger partial charge in [-0.2, -0.15) is 0 Å². The average Bonchev–Trinajstić information content (AvgIpc) is 3.22. The number of nitrogens with zero attached hydrogens (tertiary/aromatic N) is 1. The van der Waals surface area contributed by atoms with Crippen LogP contribution in [0.3, 0.4) is 0 Å². The first-order valence-electron chi connectivity index (χ1n) is 10.4. The number of thioether (sulfide) groups is 1. The molecule has 0 fully saturated rings. The van der Waals surface area contributed by atoms with Gasteiger partial charge in [0.25, 0.3) is 5.91 Å². The molecule has 0 bridgehead atoms. The van der Waals surface area contributed by atoms with Gasteiger partial charge >= 0.3 is 0 Å². The molecule has 154 valence electrons. The fraction of sp³-hybridized carbons (Fsp3) is 0.545. The molecule has 2 N–H and O–H groups in total. The second-order valence-electron chi connectivity index (χ2n) is 6.86. The third kappa shape index (κ3) is 7.97. The molecule has 1 aromatic carbocycles. The van der Waals surface area contributed by atoms with Crippen molar-refractivity contribution in [2.45, 2.75) is 63.7 Å². The zero-order chi connectivity index (χ0) is 20.0. The molecule has 1 aromatic heterocycles. The van der Waals surface area contributed by atoms with Crippen LogP contribution in [0.1, 0.15) is 68.4 Å². The molecular weight excluding hydrogens is 370 g/mol. The first-order chi connectivity index (χ1) is 13.7. The fourth-order valence-electron chi connectivity index (χ4n) is 2.78. The van der Waals surface area contributed by atoms with Crippen LogP contribution in [0.5, 0.6) is 5.75 Å². The molecule has 28 heavy (non-hydrogen) atoms. The summed E-state index contributed by atoms with van der Waals surface area (Å²) in [5, 5.41) is 2.98. The molecule has 2 rings (SSSR count). The van der Waals surface area contributed by atoms with Crippen molar-refractivity contribution in [2.24, 2.45) is 0 Å². The number of rotatable bonds is 14. The molecule has 0 aliphatic carbocycles. The molecule has 0 aliphatic heterocycles. The Kier molecular flexibility index (Phi) is 10.6. The van der Waals surface area contributed by atoms with Crippen LogP contribution in [-0.2, 0) is 6.42 Å². The zero-order valence-electron chi connectivity index (χ0n) is 17.1. The van der Waals surface area contributed by atoms with Gasteiger partial charge in [0, 0.05) is 30.4 Å². The van der Waals surface area contributed by atoms with Crippen molar-refractivity contribution in [3.8, 4) is 5.75 Å². The lowest BCUT2D eigenvalue weighted by Gasteiger charge is -2.13. The predicted octanol–water partition coefficient (Wildman–Crippen LogP) is 5.23. The molecule has 5 nitrogen and oxygen atoms in total. The Balaban J connectivity index is 1.94. The van der Waals surface area contributed by atoms with Crippen LogP contribution in [0.2, 0.25) is 0 Å². The highest BCUT2D eigenvalue weighted by molar-refractivity contribution is 7.99. The number of carbonyl (C=O) groups excluding carboxylic acids is 1. The van der Waals surface area contributed by atoms with Crippen LogP contribution in [0.15, 0.2) is 35.6 Å². The first kappa shape index (κ1) is 22.3. The first-order valence-corrected chi connectivity index (χ1v) is 11.4. The quantitative estimate of drug-likeness (QED) is 0.335. The Bertz CT molecular complexity index is 689. The van der Waals surface area contributed by atoms with Crippen molar-refractivity contribution in [2.75, 3.05) is 18.9 Å². The van der Waals surface area contributed by atoms with Crippen molar-refractivity contribution in [1.82, 2.24) is 15.3 Å². The maximum Gasteiger partial charge on any atom is 0.251 e. The number of aromatic amines is 1. The van der Waals surface area contributed by atoms with Crippen LogP contribution >= 0.6 is 11.8 Å².